The first-order chi connectivity index (χ1) is 8.50. The summed E-state index contributed by atoms with van der Waals surface area (Å²) < 4.78 is 1.34. The quantitative estimate of drug-likeness (QED) is 0.892. The normalized spacial score (nSPS) is 10.6. The minimum Gasteiger partial charge on any atom is -0.481 e. The second-order valence-corrected chi connectivity index (χ2v) is 4.64. The SMILES string of the molecule is Cc1nc(=O)n(-c2nccs2)c(C)c1CC(=O)O. The first kappa shape index (κ1) is 12.4. The zero-order valence-corrected chi connectivity index (χ0v) is 10.7. The van der Waals surface area contributed by atoms with Gasteiger partial charge in [-0.2, -0.15) is 4.98 Å². The van der Waals surface area contributed by atoms with Gasteiger partial charge in [-0.05, 0) is 13.8 Å². The Balaban J connectivity index is 2.68. The van der Waals surface area contributed by atoms with Crippen molar-refractivity contribution < 1.29 is 9.90 Å². The van der Waals surface area contributed by atoms with Crippen LogP contribution in [0.2, 0.25) is 0 Å². The highest BCUT2D eigenvalue weighted by molar-refractivity contribution is 7.12. The summed E-state index contributed by atoms with van der Waals surface area (Å²) in [6, 6.07) is 0. The Hall–Kier alpha value is -2.02. The summed E-state index contributed by atoms with van der Waals surface area (Å²) >= 11 is 1.30. The number of hydrogen-bond donors (Lipinski definition) is 1. The molecule has 6 nitrogen and oxygen atoms in total. The third-order valence-electron chi connectivity index (χ3n) is 2.60. The van der Waals surface area contributed by atoms with E-state index in [4.69, 9.17) is 5.11 Å². The molecule has 94 valence electrons. The van der Waals surface area contributed by atoms with Crippen LogP contribution >= 0.6 is 11.3 Å². The van der Waals surface area contributed by atoms with E-state index in [-0.39, 0.29) is 6.42 Å². The molecule has 2 heterocycles. The molecule has 0 saturated heterocycles. The van der Waals surface area contributed by atoms with Crippen LogP contribution in [0.15, 0.2) is 16.4 Å². The van der Waals surface area contributed by atoms with Gasteiger partial charge in [-0.15, -0.1) is 11.3 Å². The van der Waals surface area contributed by atoms with Crippen molar-refractivity contribution in [2.45, 2.75) is 20.3 Å². The van der Waals surface area contributed by atoms with Crippen LogP contribution in [0.4, 0.5) is 0 Å². The van der Waals surface area contributed by atoms with E-state index in [2.05, 4.69) is 9.97 Å². The van der Waals surface area contributed by atoms with Gasteiger partial charge in [0.05, 0.1) is 6.42 Å². The summed E-state index contributed by atoms with van der Waals surface area (Å²) in [6.45, 7) is 3.34. The molecule has 0 radical (unpaired) electrons. The van der Waals surface area contributed by atoms with Gasteiger partial charge in [-0.25, -0.2) is 14.3 Å². The van der Waals surface area contributed by atoms with E-state index in [1.165, 1.54) is 15.9 Å². The predicted octanol–water partition coefficient (Wildman–Crippen LogP) is 0.933. The molecule has 2 rings (SSSR count). The Kier molecular flexibility index (Phi) is 3.24. The summed E-state index contributed by atoms with van der Waals surface area (Å²) in [4.78, 5) is 30.6. The van der Waals surface area contributed by atoms with Crippen LogP contribution in [0.5, 0.6) is 0 Å². The number of carboxylic acid groups (broad SMARTS) is 1. The van der Waals surface area contributed by atoms with E-state index in [1.807, 2.05) is 0 Å². The van der Waals surface area contributed by atoms with Crippen molar-refractivity contribution in [3.05, 3.63) is 39.0 Å². The predicted molar refractivity (Wildman–Crippen MR) is 66.3 cm³/mol. The molecule has 1 N–H and O–H groups in total. The van der Waals surface area contributed by atoms with Gasteiger partial charge in [-0.3, -0.25) is 4.79 Å². The Morgan fingerprint density at radius 3 is 2.78 bits per heavy atom. The lowest BCUT2D eigenvalue weighted by Gasteiger charge is -2.11. The number of carbonyl (C=O) groups is 1. The van der Waals surface area contributed by atoms with Gasteiger partial charge >= 0.3 is 11.7 Å². The number of aryl methyl sites for hydroxylation is 1. The average molecular weight is 265 g/mol. The maximum absolute atomic E-state index is 11.9. The molecule has 0 aliphatic heterocycles. The lowest BCUT2D eigenvalue weighted by Crippen LogP contribution is -2.27. The molecule has 0 aliphatic rings. The minimum absolute atomic E-state index is 0.156. The zero-order chi connectivity index (χ0) is 13.3. The third-order valence-corrected chi connectivity index (χ3v) is 3.36. The van der Waals surface area contributed by atoms with E-state index in [1.54, 1.807) is 25.4 Å². The summed E-state index contributed by atoms with van der Waals surface area (Å²) in [5.41, 5.74) is 1.14. The molecule has 2 aromatic rings. The molecule has 18 heavy (non-hydrogen) atoms. The molecule has 0 unspecified atom stereocenters. The fraction of sp³-hybridized carbons (Fsp3) is 0.273. The highest BCUT2D eigenvalue weighted by Gasteiger charge is 2.16. The summed E-state index contributed by atoms with van der Waals surface area (Å²) in [7, 11) is 0. The topological polar surface area (TPSA) is 85.1 Å². The molecule has 7 heteroatoms. The Labute approximate surface area is 107 Å². The molecule has 2 aromatic heterocycles. The molecule has 0 amide bonds. The van der Waals surface area contributed by atoms with E-state index in [0.29, 0.717) is 22.1 Å². The largest absolute Gasteiger partial charge is 0.481 e. The molecule has 0 aromatic carbocycles. The van der Waals surface area contributed by atoms with Crippen molar-refractivity contribution in [3.8, 4) is 5.13 Å². The van der Waals surface area contributed by atoms with Crippen LogP contribution in [-0.4, -0.2) is 25.6 Å². The number of rotatable bonds is 3. The molecule has 0 bridgehead atoms. The van der Waals surface area contributed by atoms with Crippen molar-refractivity contribution >= 4 is 17.3 Å². The van der Waals surface area contributed by atoms with Crippen LogP contribution in [0.3, 0.4) is 0 Å². The van der Waals surface area contributed by atoms with Gasteiger partial charge < -0.3 is 5.11 Å². The smallest absolute Gasteiger partial charge is 0.354 e. The Morgan fingerprint density at radius 1 is 1.50 bits per heavy atom. The van der Waals surface area contributed by atoms with Crippen molar-refractivity contribution in [2.24, 2.45) is 0 Å². The maximum atomic E-state index is 11.9. The van der Waals surface area contributed by atoms with E-state index in [9.17, 15) is 9.59 Å². The second kappa shape index (κ2) is 4.69. The fourth-order valence-electron chi connectivity index (χ4n) is 1.76. The van der Waals surface area contributed by atoms with Gasteiger partial charge in [0.15, 0.2) is 5.13 Å². The highest BCUT2D eigenvalue weighted by Crippen LogP contribution is 2.16. The van der Waals surface area contributed by atoms with Gasteiger partial charge in [0.1, 0.15) is 0 Å². The van der Waals surface area contributed by atoms with E-state index in [0.717, 1.165) is 0 Å². The summed E-state index contributed by atoms with van der Waals surface area (Å²) in [5.74, 6) is -0.952. The van der Waals surface area contributed by atoms with Crippen LogP contribution in [0.25, 0.3) is 5.13 Å². The van der Waals surface area contributed by atoms with Crippen LogP contribution in [0.1, 0.15) is 17.0 Å². The maximum Gasteiger partial charge on any atom is 0.354 e. The first-order valence-corrected chi connectivity index (χ1v) is 6.09. The van der Waals surface area contributed by atoms with Gasteiger partial charge in [0.2, 0.25) is 0 Å². The molecule has 0 atom stereocenters. The molecule has 0 spiro atoms. The fourth-order valence-corrected chi connectivity index (χ4v) is 2.45. The summed E-state index contributed by atoms with van der Waals surface area (Å²) in [5, 5.41) is 11.1. The number of thiazole rings is 1. The zero-order valence-electron chi connectivity index (χ0n) is 9.88. The summed E-state index contributed by atoms with van der Waals surface area (Å²) in [6.07, 6.45) is 1.43. The average Bonchev–Trinajstić information content (AvgIpc) is 2.77. The standard InChI is InChI=1S/C11H11N3O3S/c1-6-8(5-9(15)16)7(2)14(10(17)13-6)11-12-3-4-18-11/h3-4H,5H2,1-2H3,(H,15,16). The number of aromatic nitrogens is 3. The number of carboxylic acids is 1. The molecular formula is C11H11N3O3S. The van der Waals surface area contributed by atoms with E-state index >= 15 is 0 Å². The molecule has 0 aliphatic carbocycles. The van der Waals surface area contributed by atoms with E-state index < -0.39 is 11.7 Å². The third kappa shape index (κ3) is 2.17. The van der Waals surface area contributed by atoms with Crippen molar-refractivity contribution in [3.63, 3.8) is 0 Å². The first-order valence-electron chi connectivity index (χ1n) is 5.21. The van der Waals surface area contributed by atoms with Gasteiger partial charge in [-0.1, -0.05) is 0 Å². The van der Waals surface area contributed by atoms with Gasteiger partial charge in [0, 0.05) is 28.5 Å². The minimum atomic E-state index is -0.952. The highest BCUT2D eigenvalue weighted by atomic mass is 32.1. The Morgan fingerprint density at radius 2 is 2.22 bits per heavy atom. The number of nitrogens with zero attached hydrogens (tertiary/aromatic N) is 3. The van der Waals surface area contributed by atoms with Crippen LogP contribution < -0.4 is 5.69 Å². The molecule has 0 saturated carbocycles. The number of aliphatic carboxylic acids is 1. The lowest BCUT2D eigenvalue weighted by atomic mass is 10.1. The number of hydrogen-bond acceptors (Lipinski definition) is 5. The monoisotopic (exact) mass is 265 g/mol. The van der Waals surface area contributed by atoms with Crippen molar-refractivity contribution in [1.82, 2.24) is 14.5 Å². The van der Waals surface area contributed by atoms with Crippen molar-refractivity contribution in [1.29, 1.82) is 0 Å². The molecule has 0 fully saturated rings. The van der Waals surface area contributed by atoms with Crippen LogP contribution in [-0.2, 0) is 11.2 Å². The second-order valence-electron chi connectivity index (χ2n) is 3.76. The Bertz CT molecular complexity index is 646. The molecular weight excluding hydrogens is 254 g/mol. The lowest BCUT2D eigenvalue weighted by molar-refractivity contribution is -0.136. The van der Waals surface area contributed by atoms with Gasteiger partial charge in [0.25, 0.3) is 0 Å². The van der Waals surface area contributed by atoms with Crippen LogP contribution in [0, 0.1) is 13.8 Å². The van der Waals surface area contributed by atoms with Crippen molar-refractivity contribution in [2.75, 3.05) is 0 Å².